The minimum Gasteiger partial charge on any atom is -0.481 e. The second-order valence-corrected chi connectivity index (χ2v) is 6.54. The second-order valence-electron chi connectivity index (χ2n) is 5.62. The van der Waals surface area contributed by atoms with Gasteiger partial charge in [0.15, 0.2) is 0 Å². The number of aliphatic carboxylic acids is 1. The summed E-state index contributed by atoms with van der Waals surface area (Å²) in [4.78, 5) is 16.7. The molecule has 106 valence electrons. The van der Waals surface area contributed by atoms with Crippen LogP contribution in [-0.2, 0) is 11.3 Å². The molecule has 5 heteroatoms. The summed E-state index contributed by atoms with van der Waals surface area (Å²) in [5.74, 6) is -0.710. The van der Waals surface area contributed by atoms with Gasteiger partial charge in [-0.05, 0) is 29.7 Å². The van der Waals surface area contributed by atoms with E-state index in [4.69, 9.17) is 0 Å². The molecule has 1 fully saturated rings. The average molecular weight is 337 g/mol. The summed E-state index contributed by atoms with van der Waals surface area (Å²) >= 11 is 3.50. The first-order valence-corrected chi connectivity index (χ1v) is 7.54. The number of nitrogens with one attached hydrogen (secondary N) is 1. The lowest BCUT2D eigenvalue weighted by Gasteiger charge is -2.14. The molecule has 0 bridgehead atoms. The van der Waals surface area contributed by atoms with E-state index in [1.165, 1.54) is 10.9 Å². The van der Waals surface area contributed by atoms with E-state index in [2.05, 4.69) is 37.9 Å². The Morgan fingerprint density at radius 2 is 2.30 bits per heavy atom. The molecule has 0 radical (unpaired) electrons. The summed E-state index contributed by atoms with van der Waals surface area (Å²) in [7, 11) is 0. The van der Waals surface area contributed by atoms with Gasteiger partial charge in [0.25, 0.3) is 0 Å². The van der Waals surface area contributed by atoms with Crippen molar-refractivity contribution in [2.75, 3.05) is 13.1 Å². The molecule has 1 saturated heterocycles. The number of nitrogens with zero attached hydrogens (tertiary/aromatic N) is 1. The van der Waals surface area contributed by atoms with Crippen LogP contribution in [0.3, 0.4) is 0 Å². The maximum Gasteiger partial charge on any atom is 0.308 e. The van der Waals surface area contributed by atoms with Crippen molar-refractivity contribution in [3.63, 3.8) is 0 Å². The number of likely N-dealkylation sites (tertiary alicyclic amines) is 1. The number of halogens is 1. The van der Waals surface area contributed by atoms with Gasteiger partial charge in [0.1, 0.15) is 0 Å². The Hall–Kier alpha value is -1.33. The predicted molar refractivity (Wildman–Crippen MR) is 81.6 cm³/mol. The van der Waals surface area contributed by atoms with Gasteiger partial charge < -0.3 is 10.1 Å². The molecule has 4 nitrogen and oxygen atoms in total. The lowest BCUT2D eigenvalue weighted by molar-refractivity contribution is -0.142. The Morgan fingerprint density at radius 3 is 3.00 bits per heavy atom. The molecule has 2 atom stereocenters. The van der Waals surface area contributed by atoms with Crippen LogP contribution in [0.15, 0.2) is 28.9 Å². The molecule has 0 unspecified atom stereocenters. The second kappa shape index (κ2) is 5.22. The van der Waals surface area contributed by atoms with Gasteiger partial charge in [-0.3, -0.25) is 9.69 Å². The highest BCUT2D eigenvalue weighted by molar-refractivity contribution is 9.10. The third-order valence-corrected chi connectivity index (χ3v) is 4.62. The highest BCUT2D eigenvalue weighted by Crippen LogP contribution is 2.28. The van der Waals surface area contributed by atoms with Gasteiger partial charge in [0, 0.05) is 41.2 Å². The van der Waals surface area contributed by atoms with Crippen LogP contribution in [0.5, 0.6) is 0 Å². The maximum absolute atomic E-state index is 11.2. The fraction of sp³-hybridized carbons (Fsp3) is 0.400. The Morgan fingerprint density at radius 1 is 1.50 bits per heavy atom. The summed E-state index contributed by atoms with van der Waals surface area (Å²) in [5.41, 5.74) is 2.34. The van der Waals surface area contributed by atoms with Crippen molar-refractivity contribution >= 4 is 32.8 Å². The number of carbonyl (C=O) groups is 1. The zero-order valence-corrected chi connectivity index (χ0v) is 12.9. The molecule has 1 aliphatic rings. The predicted octanol–water partition coefficient (Wildman–Crippen LogP) is 3.08. The number of rotatable bonds is 3. The molecule has 1 aromatic heterocycles. The lowest BCUT2D eigenvalue weighted by atomic mass is 9.99. The van der Waals surface area contributed by atoms with Crippen LogP contribution in [0.25, 0.3) is 10.9 Å². The smallest absolute Gasteiger partial charge is 0.308 e. The molecule has 0 aliphatic carbocycles. The van der Waals surface area contributed by atoms with E-state index < -0.39 is 5.97 Å². The van der Waals surface area contributed by atoms with Gasteiger partial charge in [-0.1, -0.05) is 22.9 Å². The van der Waals surface area contributed by atoms with Crippen LogP contribution in [0.2, 0.25) is 0 Å². The van der Waals surface area contributed by atoms with Gasteiger partial charge in [-0.2, -0.15) is 0 Å². The van der Waals surface area contributed by atoms with E-state index in [9.17, 15) is 9.90 Å². The molecular formula is C15H17BrN2O2. The number of H-pyrrole nitrogens is 1. The summed E-state index contributed by atoms with van der Waals surface area (Å²) in [6.45, 7) is 4.30. The fourth-order valence-electron chi connectivity index (χ4n) is 3.04. The van der Waals surface area contributed by atoms with E-state index in [1.54, 1.807) is 0 Å². The molecule has 2 N–H and O–H groups in total. The number of aromatic amines is 1. The first-order chi connectivity index (χ1) is 9.54. The lowest BCUT2D eigenvalue weighted by Crippen LogP contribution is -2.23. The Balaban J connectivity index is 1.80. The molecule has 0 amide bonds. The molecular weight excluding hydrogens is 320 g/mol. The minimum absolute atomic E-state index is 0.212. The van der Waals surface area contributed by atoms with Crippen molar-refractivity contribution in [1.29, 1.82) is 0 Å². The summed E-state index contributed by atoms with van der Waals surface area (Å²) < 4.78 is 1.06. The molecule has 0 spiro atoms. The summed E-state index contributed by atoms with van der Waals surface area (Å²) in [6.07, 6.45) is 2.02. The molecule has 2 aromatic rings. The van der Waals surface area contributed by atoms with E-state index in [1.807, 2.05) is 19.2 Å². The number of benzene rings is 1. The molecule has 2 heterocycles. The van der Waals surface area contributed by atoms with Gasteiger partial charge in [-0.15, -0.1) is 0 Å². The van der Waals surface area contributed by atoms with Crippen LogP contribution in [-0.4, -0.2) is 34.0 Å². The van der Waals surface area contributed by atoms with E-state index in [-0.39, 0.29) is 11.8 Å². The molecule has 20 heavy (non-hydrogen) atoms. The quantitative estimate of drug-likeness (QED) is 0.905. The minimum atomic E-state index is -0.679. The van der Waals surface area contributed by atoms with E-state index in [0.29, 0.717) is 6.54 Å². The summed E-state index contributed by atoms with van der Waals surface area (Å²) in [6, 6.07) is 6.17. The van der Waals surface area contributed by atoms with Crippen LogP contribution in [0, 0.1) is 11.8 Å². The number of hydrogen-bond acceptors (Lipinski definition) is 2. The monoisotopic (exact) mass is 336 g/mol. The SMILES string of the molecule is C[C@@H]1CN(Cc2c[nH]c3ccc(Br)cc23)C[C@H]1C(=O)O. The van der Waals surface area contributed by atoms with Gasteiger partial charge in [-0.25, -0.2) is 0 Å². The fourth-order valence-corrected chi connectivity index (χ4v) is 3.40. The number of carboxylic acids is 1. The zero-order chi connectivity index (χ0) is 14.3. The van der Waals surface area contributed by atoms with Crippen molar-refractivity contribution in [1.82, 2.24) is 9.88 Å². The standard InChI is InChI=1S/C15H17BrN2O2/c1-9-6-18(8-13(9)15(19)20)7-10-5-17-14-3-2-11(16)4-12(10)14/h2-5,9,13,17H,6-8H2,1H3,(H,19,20)/t9-,13-/m1/s1. The molecule has 3 rings (SSSR count). The molecule has 1 aliphatic heterocycles. The first-order valence-electron chi connectivity index (χ1n) is 6.75. The topological polar surface area (TPSA) is 56.3 Å². The third-order valence-electron chi connectivity index (χ3n) is 4.13. The normalized spacial score (nSPS) is 23.5. The van der Waals surface area contributed by atoms with Crippen molar-refractivity contribution in [3.8, 4) is 0 Å². The van der Waals surface area contributed by atoms with E-state index >= 15 is 0 Å². The average Bonchev–Trinajstić information content (AvgIpc) is 2.94. The van der Waals surface area contributed by atoms with Crippen LogP contribution < -0.4 is 0 Å². The number of aromatic nitrogens is 1. The number of carboxylic acid groups (broad SMARTS) is 1. The van der Waals surface area contributed by atoms with Gasteiger partial charge >= 0.3 is 5.97 Å². The van der Waals surface area contributed by atoms with Crippen LogP contribution >= 0.6 is 15.9 Å². The number of fused-ring (bicyclic) bond motifs is 1. The Labute approximate surface area is 125 Å². The summed E-state index contributed by atoms with van der Waals surface area (Å²) in [5, 5.41) is 10.4. The third kappa shape index (κ3) is 2.47. The number of hydrogen-bond donors (Lipinski definition) is 2. The maximum atomic E-state index is 11.2. The largest absolute Gasteiger partial charge is 0.481 e. The van der Waals surface area contributed by atoms with Gasteiger partial charge in [0.05, 0.1) is 5.92 Å². The van der Waals surface area contributed by atoms with Gasteiger partial charge in [0.2, 0.25) is 0 Å². The van der Waals surface area contributed by atoms with Crippen molar-refractivity contribution in [2.45, 2.75) is 13.5 Å². The molecule has 0 saturated carbocycles. The first kappa shape index (κ1) is 13.6. The highest BCUT2D eigenvalue weighted by Gasteiger charge is 2.34. The van der Waals surface area contributed by atoms with Crippen molar-refractivity contribution in [2.24, 2.45) is 11.8 Å². The van der Waals surface area contributed by atoms with Crippen molar-refractivity contribution in [3.05, 3.63) is 34.4 Å². The highest BCUT2D eigenvalue weighted by atomic mass is 79.9. The molecule has 1 aromatic carbocycles. The zero-order valence-electron chi connectivity index (χ0n) is 11.3. The van der Waals surface area contributed by atoms with Crippen LogP contribution in [0.1, 0.15) is 12.5 Å². The van der Waals surface area contributed by atoms with E-state index in [0.717, 1.165) is 23.1 Å². The van der Waals surface area contributed by atoms with Crippen molar-refractivity contribution < 1.29 is 9.90 Å². The Bertz CT molecular complexity index is 652. The van der Waals surface area contributed by atoms with Crippen LogP contribution in [0.4, 0.5) is 0 Å². The Kier molecular flexibility index (Phi) is 3.56.